The van der Waals surface area contributed by atoms with Gasteiger partial charge in [-0.1, -0.05) is 23.7 Å². The van der Waals surface area contributed by atoms with Crippen molar-refractivity contribution < 1.29 is 8.42 Å². The summed E-state index contributed by atoms with van der Waals surface area (Å²) in [6, 6.07) is 7.45. The smallest absolute Gasteiger partial charge is 0.216 e. The Bertz CT molecular complexity index is 541. The van der Waals surface area contributed by atoms with Gasteiger partial charge in [0.1, 0.15) is 0 Å². The van der Waals surface area contributed by atoms with Crippen LogP contribution in [0.3, 0.4) is 0 Å². The molecule has 1 aliphatic carbocycles. The maximum absolute atomic E-state index is 12.2. The van der Waals surface area contributed by atoms with Crippen LogP contribution in [0.5, 0.6) is 0 Å². The number of hydrogen-bond acceptors (Lipinski definition) is 3. The molecule has 0 aromatic heterocycles. The van der Waals surface area contributed by atoms with Crippen LogP contribution in [-0.4, -0.2) is 26.3 Å². The Morgan fingerprint density at radius 2 is 1.85 bits per heavy atom. The van der Waals surface area contributed by atoms with Crippen molar-refractivity contribution in [3.05, 3.63) is 34.9 Å². The lowest BCUT2D eigenvalue weighted by molar-refractivity contribution is 0.544. The second-order valence-electron chi connectivity index (χ2n) is 5.43. The van der Waals surface area contributed by atoms with E-state index >= 15 is 0 Å². The van der Waals surface area contributed by atoms with Crippen molar-refractivity contribution >= 4 is 21.6 Å². The molecule has 2 atom stereocenters. The summed E-state index contributed by atoms with van der Waals surface area (Å²) >= 11 is 5.83. The van der Waals surface area contributed by atoms with Gasteiger partial charge < -0.3 is 5.32 Å². The third-order valence-electron chi connectivity index (χ3n) is 3.51. The molecule has 0 radical (unpaired) electrons. The van der Waals surface area contributed by atoms with E-state index in [1.807, 2.05) is 19.1 Å². The summed E-state index contributed by atoms with van der Waals surface area (Å²) in [6.45, 7) is 4.06. The zero-order valence-corrected chi connectivity index (χ0v) is 13.3. The van der Waals surface area contributed by atoms with E-state index in [0.29, 0.717) is 17.6 Å². The molecule has 2 rings (SSSR count). The number of sulfonamides is 1. The first-order chi connectivity index (χ1) is 9.38. The van der Waals surface area contributed by atoms with Gasteiger partial charge in [-0.25, -0.2) is 13.1 Å². The summed E-state index contributed by atoms with van der Waals surface area (Å²) in [4.78, 5) is 0. The lowest BCUT2D eigenvalue weighted by atomic mass is 10.1. The Kier molecular flexibility index (Phi) is 5.07. The summed E-state index contributed by atoms with van der Waals surface area (Å²) in [5.74, 6) is 0. The van der Waals surface area contributed by atoms with Gasteiger partial charge in [-0.3, -0.25) is 0 Å². The van der Waals surface area contributed by atoms with Crippen molar-refractivity contribution in [3.63, 3.8) is 0 Å². The Morgan fingerprint density at radius 3 is 2.40 bits per heavy atom. The van der Waals surface area contributed by atoms with Crippen LogP contribution in [0.15, 0.2) is 24.3 Å². The molecule has 1 saturated carbocycles. The largest absolute Gasteiger partial charge is 0.313 e. The van der Waals surface area contributed by atoms with Crippen LogP contribution in [0.4, 0.5) is 0 Å². The van der Waals surface area contributed by atoms with Gasteiger partial charge in [-0.2, -0.15) is 0 Å². The summed E-state index contributed by atoms with van der Waals surface area (Å²) in [5, 5.41) is 3.44. The molecular formula is C14H21ClN2O2S. The molecule has 2 unspecified atom stereocenters. The van der Waals surface area contributed by atoms with Gasteiger partial charge in [0.05, 0.1) is 5.25 Å². The molecule has 0 spiro atoms. The molecule has 112 valence electrons. The van der Waals surface area contributed by atoms with Crippen molar-refractivity contribution in [2.24, 2.45) is 0 Å². The molecule has 1 aliphatic rings. The molecule has 0 bridgehead atoms. The Balaban J connectivity index is 1.93. The van der Waals surface area contributed by atoms with Crippen molar-refractivity contribution in [2.75, 3.05) is 6.54 Å². The predicted molar refractivity (Wildman–Crippen MR) is 82.4 cm³/mol. The highest BCUT2D eigenvalue weighted by molar-refractivity contribution is 7.90. The van der Waals surface area contributed by atoms with Crippen LogP contribution in [-0.2, 0) is 10.0 Å². The normalized spacial score (nSPS) is 18.8. The molecule has 0 amide bonds. The number of rotatable bonds is 7. The SMILES string of the molecule is CC(NS(=O)(=O)C(C)CNC1CC1)c1ccc(Cl)cc1. The predicted octanol–water partition coefficient (Wildman–Crippen LogP) is 2.46. The van der Waals surface area contributed by atoms with Crippen LogP contribution < -0.4 is 10.0 Å². The number of halogens is 1. The van der Waals surface area contributed by atoms with E-state index in [1.165, 1.54) is 0 Å². The van der Waals surface area contributed by atoms with Crippen LogP contribution in [0.25, 0.3) is 0 Å². The van der Waals surface area contributed by atoms with Gasteiger partial charge in [0.2, 0.25) is 10.0 Å². The number of nitrogens with one attached hydrogen (secondary N) is 2. The fourth-order valence-electron chi connectivity index (χ4n) is 1.91. The standard InChI is InChI=1S/C14H21ClN2O2S/c1-10(9-16-14-7-8-14)20(18,19)17-11(2)12-3-5-13(15)6-4-12/h3-6,10-11,14,16-17H,7-9H2,1-2H3. The molecule has 6 heteroatoms. The highest BCUT2D eigenvalue weighted by Gasteiger charge is 2.26. The molecule has 0 saturated heterocycles. The van der Waals surface area contributed by atoms with Gasteiger partial charge in [-0.05, 0) is 44.4 Å². The monoisotopic (exact) mass is 316 g/mol. The first-order valence-corrected chi connectivity index (χ1v) is 8.81. The van der Waals surface area contributed by atoms with Crippen LogP contribution in [0.1, 0.15) is 38.3 Å². The second kappa shape index (κ2) is 6.43. The summed E-state index contributed by atoms with van der Waals surface area (Å²) in [6.07, 6.45) is 2.31. The van der Waals surface area contributed by atoms with Crippen LogP contribution in [0.2, 0.25) is 5.02 Å². The van der Waals surface area contributed by atoms with Gasteiger partial charge in [-0.15, -0.1) is 0 Å². The third-order valence-corrected chi connectivity index (χ3v) is 5.67. The quantitative estimate of drug-likeness (QED) is 0.812. The first-order valence-electron chi connectivity index (χ1n) is 6.88. The molecule has 1 fully saturated rings. The minimum Gasteiger partial charge on any atom is -0.313 e. The zero-order valence-electron chi connectivity index (χ0n) is 11.8. The summed E-state index contributed by atoms with van der Waals surface area (Å²) in [7, 11) is -3.33. The van der Waals surface area contributed by atoms with Crippen molar-refractivity contribution in [3.8, 4) is 0 Å². The Labute approximate surface area is 126 Å². The van der Waals surface area contributed by atoms with Gasteiger partial charge in [0, 0.05) is 23.7 Å². The highest BCUT2D eigenvalue weighted by atomic mass is 35.5. The van der Waals surface area contributed by atoms with Gasteiger partial charge in [0.25, 0.3) is 0 Å². The minimum absolute atomic E-state index is 0.263. The van der Waals surface area contributed by atoms with Crippen molar-refractivity contribution in [1.82, 2.24) is 10.0 Å². The van der Waals surface area contributed by atoms with E-state index in [-0.39, 0.29) is 6.04 Å². The van der Waals surface area contributed by atoms with E-state index in [9.17, 15) is 8.42 Å². The zero-order chi connectivity index (χ0) is 14.8. The molecule has 0 aliphatic heterocycles. The Hall–Kier alpha value is -0.620. The summed E-state index contributed by atoms with van der Waals surface area (Å²) < 4.78 is 27.2. The fourth-order valence-corrected chi connectivity index (χ4v) is 3.21. The molecule has 1 aromatic carbocycles. The van der Waals surface area contributed by atoms with Crippen molar-refractivity contribution in [2.45, 2.75) is 44.0 Å². The van der Waals surface area contributed by atoms with E-state index < -0.39 is 15.3 Å². The van der Waals surface area contributed by atoms with Gasteiger partial charge in [0.15, 0.2) is 0 Å². The van der Waals surface area contributed by atoms with E-state index in [4.69, 9.17) is 11.6 Å². The number of benzene rings is 1. The minimum atomic E-state index is -3.33. The van der Waals surface area contributed by atoms with E-state index in [0.717, 1.165) is 18.4 Å². The molecule has 1 aromatic rings. The average molecular weight is 317 g/mol. The third kappa shape index (κ3) is 4.45. The maximum atomic E-state index is 12.2. The van der Waals surface area contributed by atoms with Crippen molar-refractivity contribution in [1.29, 1.82) is 0 Å². The molecule has 20 heavy (non-hydrogen) atoms. The lowest BCUT2D eigenvalue weighted by Gasteiger charge is -2.19. The average Bonchev–Trinajstić information content (AvgIpc) is 3.20. The maximum Gasteiger partial charge on any atom is 0.216 e. The van der Waals surface area contributed by atoms with Crippen LogP contribution >= 0.6 is 11.6 Å². The van der Waals surface area contributed by atoms with Gasteiger partial charge >= 0.3 is 0 Å². The lowest BCUT2D eigenvalue weighted by Crippen LogP contribution is -2.40. The van der Waals surface area contributed by atoms with Crippen LogP contribution in [0, 0.1) is 0 Å². The topological polar surface area (TPSA) is 58.2 Å². The fraction of sp³-hybridized carbons (Fsp3) is 0.571. The highest BCUT2D eigenvalue weighted by Crippen LogP contribution is 2.20. The van der Waals surface area contributed by atoms with E-state index in [1.54, 1.807) is 19.1 Å². The number of hydrogen-bond donors (Lipinski definition) is 2. The second-order valence-corrected chi connectivity index (χ2v) is 8.00. The molecule has 4 nitrogen and oxygen atoms in total. The molecule has 0 heterocycles. The summed E-state index contributed by atoms with van der Waals surface area (Å²) in [5.41, 5.74) is 0.903. The Morgan fingerprint density at radius 1 is 1.25 bits per heavy atom. The first kappa shape index (κ1) is 15.8. The molecular weight excluding hydrogens is 296 g/mol. The van der Waals surface area contributed by atoms with E-state index in [2.05, 4.69) is 10.0 Å². The molecule has 2 N–H and O–H groups in total.